The molecule has 0 bridgehead atoms. The van der Waals surface area contributed by atoms with Crippen LogP contribution in [-0.2, 0) is 5.54 Å². The molecule has 0 saturated heterocycles. The number of H-pyrrole nitrogens is 1. The van der Waals surface area contributed by atoms with Crippen molar-refractivity contribution in [3.63, 3.8) is 0 Å². The average molecular weight is 370 g/mol. The van der Waals surface area contributed by atoms with E-state index in [2.05, 4.69) is 15.3 Å². The van der Waals surface area contributed by atoms with Gasteiger partial charge in [-0.25, -0.2) is 4.98 Å². The molecule has 3 rings (SSSR count). The lowest BCUT2D eigenvalue weighted by Crippen LogP contribution is -2.46. The van der Waals surface area contributed by atoms with Crippen LogP contribution in [0.25, 0.3) is 10.9 Å². The molecule has 6 heteroatoms. The SMILES string of the molecule is CCC(CC)(NC(=O)c1nc2ccccc2c(=O)[nH]1)c1ccc(Cl)cc1. The van der Waals surface area contributed by atoms with Crippen LogP contribution in [0.1, 0.15) is 42.9 Å². The minimum atomic E-state index is -0.564. The summed E-state index contributed by atoms with van der Waals surface area (Å²) in [5.74, 6) is -0.402. The molecule has 0 radical (unpaired) electrons. The monoisotopic (exact) mass is 369 g/mol. The molecular formula is C20H20ClN3O2. The predicted molar refractivity (Wildman–Crippen MR) is 104 cm³/mol. The molecule has 1 heterocycles. The Morgan fingerprint density at radius 2 is 1.77 bits per heavy atom. The highest BCUT2D eigenvalue weighted by atomic mass is 35.5. The van der Waals surface area contributed by atoms with E-state index in [4.69, 9.17) is 11.6 Å². The molecule has 3 aromatic rings. The fraction of sp³-hybridized carbons (Fsp3) is 0.250. The minimum Gasteiger partial charge on any atom is -0.340 e. The third kappa shape index (κ3) is 3.35. The fourth-order valence-corrected chi connectivity index (χ4v) is 3.27. The zero-order valence-electron chi connectivity index (χ0n) is 14.7. The van der Waals surface area contributed by atoms with Crippen molar-refractivity contribution in [3.05, 3.63) is 75.3 Å². The summed E-state index contributed by atoms with van der Waals surface area (Å²) in [4.78, 5) is 32.0. The van der Waals surface area contributed by atoms with Crippen molar-refractivity contribution in [1.82, 2.24) is 15.3 Å². The van der Waals surface area contributed by atoms with Crippen molar-refractivity contribution in [3.8, 4) is 0 Å². The van der Waals surface area contributed by atoms with Gasteiger partial charge in [0.15, 0.2) is 5.82 Å². The molecular weight excluding hydrogens is 350 g/mol. The summed E-state index contributed by atoms with van der Waals surface area (Å²) in [6.45, 7) is 4.02. The summed E-state index contributed by atoms with van der Waals surface area (Å²) < 4.78 is 0. The molecule has 0 fully saturated rings. The van der Waals surface area contributed by atoms with Crippen molar-refractivity contribution in [2.24, 2.45) is 0 Å². The number of hydrogen-bond acceptors (Lipinski definition) is 3. The first kappa shape index (κ1) is 18.1. The molecule has 0 saturated carbocycles. The third-order valence-electron chi connectivity index (χ3n) is 4.78. The molecule has 134 valence electrons. The topological polar surface area (TPSA) is 74.8 Å². The minimum absolute atomic E-state index is 0.00828. The van der Waals surface area contributed by atoms with Gasteiger partial charge in [0.25, 0.3) is 11.5 Å². The molecule has 0 aliphatic rings. The summed E-state index contributed by atoms with van der Waals surface area (Å²) in [6, 6.07) is 14.4. The van der Waals surface area contributed by atoms with Gasteiger partial charge < -0.3 is 10.3 Å². The number of aromatic amines is 1. The van der Waals surface area contributed by atoms with E-state index in [9.17, 15) is 9.59 Å². The van der Waals surface area contributed by atoms with E-state index in [1.54, 1.807) is 36.4 Å². The highest BCUT2D eigenvalue weighted by Gasteiger charge is 2.31. The predicted octanol–water partition coefficient (Wildman–Crippen LogP) is 4.02. The Kier molecular flexibility index (Phi) is 5.09. The number of hydrogen-bond donors (Lipinski definition) is 2. The standard InChI is InChI=1S/C20H20ClN3O2/c1-3-20(4-2,13-9-11-14(21)12-10-13)24-19(26)17-22-16-8-6-5-7-15(16)18(25)23-17/h5-12H,3-4H2,1-2H3,(H,24,26)(H,22,23,25). The van der Waals surface area contributed by atoms with Gasteiger partial charge in [-0.05, 0) is 42.7 Å². The Hall–Kier alpha value is -2.66. The zero-order valence-corrected chi connectivity index (χ0v) is 15.4. The Labute approximate surface area is 156 Å². The van der Waals surface area contributed by atoms with Crippen LogP contribution >= 0.6 is 11.6 Å². The molecule has 1 amide bonds. The van der Waals surface area contributed by atoms with E-state index in [0.717, 1.165) is 5.56 Å². The highest BCUT2D eigenvalue weighted by Crippen LogP contribution is 2.30. The van der Waals surface area contributed by atoms with Gasteiger partial charge in [0, 0.05) is 5.02 Å². The normalized spacial score (nSPS) is 11.5. The first-order valence-corrected chi connectivity index (χ1v) is 8.94. The first-order chi connectivity index (χ1) is 12.5. The van der Waals surface area contributed by atoms with Gasteiger partial charge in [-0.1, -0.05) is 49.7 Å². The van der Waals surface area contributed by atoms with Crippen LogP contribution in [0.2, 0.25) is 5.02 Å². The van der Waals surface area contributed by atoms with Crippen LogP contribution < -0.4 is 10.9 Å². The van der Waals surface area contributed by atoms with Crippen LogP contribution in [0.3, 0.4) is 0 Å². The number of nitrogens with one attached hydrogen (secondary N) is 2. The van der Waals surface area contributed by atoms with Crippen LogP contribution in [0.4, 0.5) is 0 Å². The van der Waals surface area contributed by atoms with Crippen molar-refractivity contribution < 1.29 is 4.79 Å². The van der Waals surface area contributed by atoms with Gasteiger partial charge in [0.05, 0.1) is 16.4 Å². The van der Waals surface area contributed by atoms with Crippen LogP contribution in [0.5, 0.6) is 0 Å². The van der Waals surface area contributed by atoms with E-state index < -0.39 is 11.4 Å². The second-order valence-electron chi connectivity index (χ2n) is 6.18. The van der Waals surface area contributed by atoms with Crippen molar-refractivity contribution in [2.75, 3.05) is 0 Å². The number of aromatic nitrogens is 2. The first-order valence-electron chi connectivity index (χ1n) is 8.56. The average Bonchev–Trinajstić information content (AvgIpc) is 2.67. The summed E-state index contributed by atoms with van der Waals surface area (Å²) in [6.07, 6.45) is 1.38. The second-order valence-corrected chi connectivity index (χ2v) is 6.62. The molecule has 5 nitrogen and oxygen atoms in total. The Morgan fingerprint density at radius 1 is 1.12 bits per heavy atom. The maximum absolute atomic E-state index is 12.8. The molecule has 0 aliphatic heterocycles. The molecule has 1 aromatic heterocycles. The molecule has 2 N–H and O–H groups in total. The molecule has 0 unspecified atom stereocenters. The lowest BCUT2D eigenvalue weighted by Gasteiger charge is -2.33. The van der Waals surface area contributed by atoms with Gasteiger partial charge in [0.2, 0.25) is 0 Å². The van der Waals surface area contributed by atoms with Crippen LogP contribution in [0, 0.1) is 0 Å². The van der Waals surface area contributed by atoms with Gasteiger partial charge in [0.1, 0.15) is 0 Å². The second kappa shape index (κ2) is 7.30. The molecule has 0 atom stereocenters. The van der Waals surface area contributed by atoms with Crippen molar-refractivity contribution >= 4 is 28.4 Å². The number of amides is 1. The fourth-order valence-electron chi connectivity index (χ4n) is 3.15. The summed E-state index contributed by atoms with van der Waals surface area (Å²) >= 11 is 5.99. The van der Waals surface area contributed by atoms with Gasteiger partial charge >= 0.3 is 0 Å². The van der Waals surface area contributed by atoms with Gasteiger partial charge in [-0.3, -0.25) is 9.59 Å². The lowest BCUT2D eigenvalue weighted by atomic mass is 9.84. The maximum Gasteiger partial charge on any atom is 0.287 e. The molecule has 0 spiro atoms. The molecule has 2 aromatic carbocycles. The Bertz CT molecular complexity index is 992. The quantitative estimate of drug-likeness (QED) is 0.713. The molecule has 26 heavy (non-hydrogen) atoms. The van der Waals surface area contributed by atoms with E-state index in [1.165, 1.54) is 0 Å². The number of halogens is 1. The van der Waals surface area contributed by atoms with Gasteiger partial charge in [-0.2, -0.15) is 0 Å². The zero-order chi connectivity index (χ0) is 18.7. The van der Waals surface area contributed by atoms with E-state index in [1.807, 2.05) is 26.0 Å². The number of para-hydroxylation sites is 1. The number of benzene rings is 2. The maximum atomic E-state index is 12.8. The Morgan fingerprint density at radius 3 is 2.42 bits per heavy atom. The van der Waals surface area contributed by atoms with Crippen LogP contribution in [0.15, 0.2) is 53.3 Å². The number of nitrogens with zero attached hydrogens (tertiary/aromatic N) is 1. The van der Waals surface area contributed by atoms with Crippen molar-refractivity contribution in [2.45, 2.75) is 32.2 Å². The van der Waals surface area contributed by atoms with Gasteiger partial charge in [-0.15, -0.1) is 0 Å². The summed E-state index contributed by atoms with van der Waals surface area (Å²) in [5, 5.41) is 4.16. The third-order valence-corrected chi connectivity index (χ3v) is 5.04. The van der Waals surface area contributed by atoms with E-state index >= 15 is 0 Å². The summed E-state index contributed by atoms with van der Waals surface area (Å²) in [5.41, 5.74) is 0.562. The number of fused-ring (bicyclic) bond motifs is 1. The largest absolute Gasteiger partial charge is 0.340 e. The lowest BCUT2D eigenvalue weighted by molar-refractivity contribution is 0.0878. The summed E-state index contributed by atoms with van der Waals surface area (Å²) in [7, 11) is 0. The Balaban J connectivity index is 1.98. The van der Waals surface area contributed by atoms with Crippen molar-refractivity contribution in [1.29, 1.82) is 0 Å². The smallest absolute Gasteiger partial charge is 0.287 e. The van der Waals surface area contributed by atoms with E-state index in [0.29, 0.717) is 28.8 Å². The van der Waals surface area contributed by atoms with E-state index in [-0.39, 0.29) is 11.4 Å². The van der Waals surface area contributed by atoms with Crippen LogP contribution in [-0.4, -0.2) is 15.9 Å². The highest BCUT2D eigenvalue weighted by molar-refractivity contribution is 6.30. The molecule has 0 aliphatic carbocycles. The number of carbonyl (C=O) groups is 1. The number of carbonyl (C=O) groups excluding carboxylic acids is 1. The number of rotatable bonds is 5.